The van der Waals surface area contributed by atoms with Crippen LogP contribution in [-0.2, 0) is 0 Å². The van der Waals surface area contributed by atoms with Crippen molar-refractivity contribution in [1.29, 1.82) is 0 Å². The minimum atomic E-state index is -0.442. The Morgan fingerprint density at radius 2 is 2.10 bits per heavy atom. The molecule has 2 N–H and O–H groups in total. The van der Waals surface area contributed by atoms with Gasteiger partial charge in [-0.25, -0.2) is 4.39 Å². The molecule has 1 aliphatic heterocycles. The highest BCUT2D eigenvalue weighted by atomic mass is 35.5. The van der Waals surface area contributed by atoms with E-state index in [1.807, 2.05) is 18.2 Å². The lowest BCUT2D eigenvalue weighted by Gasteiger charge is -2.31. The molecule has 0 saturated carbocycles. The molecule has 110 valence electrons. The van der Waals surface area contributed by atoms with E-state index in [0.717, 1.165) is 11.1 Å². The number of nitrogens with two attached hydrogens (primary N) is 1. The van der Waals surface area contributed by atoms with Crippen LogP contribution in [0.2, 0.25) is 5.02 Å². The van der Waals surface area contributed by atoms with E-state index in [1.165, 1.54) is 6.07 Å². The molecule has 3 rings (SSSR count). The summed E-state index contributed by atoms with van der Waals surface area (Å²) in [5.74, 6) is 0.958. The van der Waals surface area contributed by atoms with Gasteiger partial charge in [0.2, 0.25) is 0 Å². The number of ether oxygens (including phenoxy) is 2. The lowest BCUT2D eigenvalue weighted by molar-refractivity contribution is 0.161. The topological polar surface area (TPSA) is 44.5 Å². The smallest absolute Gasteiger partial charge is 0.141 e. The van der Waals surface area contributed by atoms with E-state index in [0.29, 0.717) is 17.9 Å². The minimum absolute atomic E-state index is 0.0844. The van der Waals surface area contributed by atoms with Gasteiger partial charge in [0.15, 0.2) is 0 Å². The Hall–Kier alpha value is -1.78. The fourth-order valence-electron chi connectivity index (χ4n) is 2.53. The van der Waals surface area contributed by atoms with E-state index in [4.69, 9.17) is 26.8 Å². The van der Waals surface area contributed by atoms with Crippen LogP contribution in [0.25, 0.3) is 0 Å². The zero-order valence-corrected chi connectivity index (χ0v) is 12.2. The average Bonchev–Trinajstić information content (AvgIpc) is 2.49. The predicted octanol–water partition coefficient (Wildman–Crippen LogP) is 4.01. The van der Waals surface area contributed by atoms with Gasteiger partial charge >= 0.3 is 0 Å². The molecule has 1 aliphatic rings. The van der Waals surface area contributed by atoms with Crippen molar-refractivity contribution in [3.63, 3.8) is 0 Å². The van der Waals surface area contributed by atoms with Gasteiger partial charge in [-0.2, -0.15) is 0 Å². The molecule has 0 radical (unpaired) electrons. The maximum atomic E-state index is 13.3. The van der Waals surface area contributed by atoms with Crippen LogP contribution in [0.5, 0.6) is 11.5 Å². The average molecular weight is 308 g/mol. The predicted molar refractivity (Wildman–Crippen MR) is 79.3 cm³/mol. The van der Waals surface area contributed by atoms with Crippen LogP contribution in [0, 0.1) is 5.82 Å². The highest BCUT2D eigenvalue weighted by Gasteiger charge is 2.27. The molecule has 0 saturated heterocycles. The lowest BCUT2D eigenvalue weighted by atomic mass is 9.93. The van der Waals surface area contributed by atoms with Crippen LogP contribution in [0.4, 0.5) is 4.39 Å². The second-order valence-corrected chi connectivity index (χ2v) is 5.43. The van der Waals surface area contributed by atoms with Crippen LogP contribution < -0.4 is 15.2 Å². The summed E-state index contributed by atoms with van der Waals surface area (Å²) in [6.45, 7) is 0. The van der Waals surface area contributed by atoms with Gasteiger partial charge in [-0.05, 0) is 23.8 Å². The zero-order valence-electron chi connectivity index (χ0n) is 11.5. The third kappa shape index (κ3) is 2.69. The molecule has 0 bridgehead atoms. The Balaban J connectivity index is 1.94. The molecule has 5 heteroatoms. The van der Waals surface area contributed by atoms with Gasteiger partial charge in [-0.1, -0.05) is 23.7 Å². The van der Waals surface area contributed by atoms with E-state index in [2.05, 4.69) is 0 Å². The van der Waals surface area contributed by atoms with E-state index in [-0.39, 0.29) is 17.2 Å². The summed E-state index contributed by atoms with van der Waals surface area (Å²) in [5.41, 5.74) is 7.96. The number of methoxy groups -OCH3 is 1. The summed E-state index contributed by atoms with van der Waals surface area (Å²) in [4.78, 5) is 0. The Kier molecular flexibility index (Phi) is 3.74. The first-order valence-electron chi connectivity index (χ1n) is 6.63. The summed E-state index contributed by atoms with van der Waals surface area (Å²) in [5, 5.41) is 0.0844. The van der Waals surface area contributed by atoms with Crippen molar-refractivity contribution < 1.29 is 13.9 Å². The van der Waals surface area contributed by atoms with Gasteiger partial charge in [-0.15, -0.1) is 0 Å². The first kappa shape index (κ1) is 14.2. The summed E-state index contributed by atoms with van der Waals surface area (Å²) in [6.07, 6.45) is 0.360. The summed E-state index contributed by atoms with van der Waals surface area (Å²) >= 11 is 5.84. The zero-order chi connectivity index (χ0) is 15.0. The Morgan fingerprint density at radius 3 is 2.81 bits per heavy atom. The first-order chi connectivity index (χ1) is 10.1. The molecule has 0 aromatic heterocycles. The fraction of sp³-hybridized carbons (Fsp3) is 0.250. The molecule has 2 atom stereocenters. The van der Waals surface area contributed by atoms with Crippen molar-refractivity contribution in [2.24, 2.45) is 5.73 Å². The van der Waals surface area contributed by atoms with Crippen molar-refractivity contribution >= 4 is 11.6 Å². The number of rotatable bonds is 2. The third-order valence-electron chi connectivity index (χ3n) is 3.67. The second kappa shape index (κ2) is 5.54. The van der Waals surface area contributed by atoms with Crippen molar-refractivity contribution in [2.75, 3.05) is 7.11 Å². The lowest BCUT2D eigenvalue weighted by Crippen LogP contribution is -2.24. The Morgan fingerprint density at radius 1 is 1.29 bits per heavy atom. The van der Waals surface area contributed by atoms with Crippen molar-refractivity contribution in [3.05, 3.63) is 58.4 Å². The number of halogens is 2. The largest absolute Gasteiger partial charge is 0.497 e. The summed E-state index contributed by atoms with van der Waals surface area (Å²) in [7, 11) is 1.60. The van der Waals surface area contributed by atoms with Gasteiger partial charge in [0.25, 0.3) is 0 Å². The number of fused-ring (bicyclic) bond motifs is 1. The van der Waals surface area contributed by atoms with Crippen LogP contribution in [0.3, 0.4) is 0 Å². The molecule has 2 aromatic carbocycles. The fourth-order valence-corrected chi connectivity index (χ4v) is 2.71. The highest BCUT2D eigenvalue weighted by Crippen LogP contribution is 2.41. The van der Waals surface area contributed by atoms with E-state index in [1.54, 1.807) is 19.2 Å². The quantitative estimate of drug-likeness (QED) is 0.911. The molecule has 21 heavy (non-hydrogen) atoms. The highest BCUT2D eigenvalue weighted by molar-refractivity contribution is 6.30. The van der Waals surface area contributed by atoms with E-state index < -0.39 is 5.82 Å². The van der Waals surface area contributed by atoms with Crippen LogP contribution in [0.1, 0.15) is 29.7 Å². The van der Waals surface area contributed by atoms with Crippen LogP contribution in [0.15, 0.2) is 36.4 Å². The maximum absolute atomic E-state index is 13.3. The van der Waals surface area contributed by atoms with Gasteiger partial charge < -0.3 is 15.2 Å². The van der Waals surface area contributed by atoms with E-state index >= 15 is 0 Å². The van der Waals surface area contributed by atoms with Gasteiger partial charge in [0.1, 0.15) is 23.4 Å². The summed E-state index contributed by atoms with van der Waals surface area (Å²) < 4.78 is 24.5. The standard InChI is InChI=1S/C16H15ClFNO2/c1-20-10-3-4-11-14(19)8-15(21-16(11)7-10)9-2-5-13(18)12(17)6-9/h2-7,14-15H,8,19H2,1H3/t14-,15?/m0/s1. The SMILES string of the molecule is COc1ccc2c(c1)OC(c1ccc(F)c(Cl)c1)C[C@@H]2N. The molecule has 0 fully saturated rings. The molecule has 0 aliphatic carbocycles. The van der Waals surface area contributed by atoms with Crippen molar-refractivity contribution in [1.82, 2.24) is 0 Å². The Labute approximate surface area is 127 Å². The molecule has 0 spiro atoms. The number of benzene rings is 2. The molecular weight excluding hydrogens is 293 g/mol. The molecule has 2 aromatic rings. The molecule has 0 amide bonds. The van der Waals surface area contributed by atoms with Crippen LogP contribution in [-0.4, -0.2) is 7.11 Å². The molecule has 1 heterocycles. The Bertz CT molecular complexity index is 677. The number of hydrogen-bond donors (Lipinski definition) is 1. The van der Waals surface area contributed by atoms with Crippen molar-refractivity contribution in [2.45, 2.75) is 18.6 Å². The number of hydrogen-bond acceptors (Lipinski definition) is 3. The van der Waals surface area contributed by atoms with Gasteiger partial charge in [-0.3, -0.25) is 0 Å². The summed E-state index contributed by atoms with van der Waals surface area (Å²) in [6, 6.07) is 10.0. The molecule has 3 nitrogen and oxygen atoms in total. The van der Waals surface area contributed by atoms with Gasteiger partial charge in [0, 0.05) is 24.1 Å². The normalized spacial score (nSPS) is 20.6. The third-order valence-corrected chi connectivity index (χ3v) is 3.96. The maximum Gasteiger partial charge on any atom is 0.141 e. The first-order valence-corrected chi connectivity index (χ1v) is 7.01. The van der Waals surface area contributed by atoms with E-state index in [9.17, 15) is 4.39 Å². The van der Waals surface area contributed by atoms with Crippen LogP contribution >= 0.6 is 11.6 Å². The van der Waals surface area contributed by atoms with Crippen molar-refractivity contribution in [3.8, 4) is 11.5 Å². The minimum Gasteiger partial charge on any atom is -0.497 e. The van der Waals surface area contributed by atoms with Gasteiger partial charge in [0.05, 0.1) is 12.1 Å². The molecular formula is C16H15ClFNO2. The monoisotopic (exact) mass is 307 g/mol. The second-order valence-electron chi connectivity index (χ2n) is 5.03. The molecule has 1 unspecified atom stereocenters.